The van der Waals surface area contributed by atoms with Crippen LogP contribution in [0.1, 0.15) is 62.3 Å². The van der Waals surface area contributed by atoms with Crippen LogP contribution in [0.3, 0.4) is 0 Å². The van der Waals surface area contributed by atoms with Crippen molar-refractivity contribution in [1.29, 1.82) is 0 Å². The summed E-state index contributed by atoms with van der Waals surface area (Å²) >= 11 is 1.53. The van der Waals surface area contributed by atoms with Crippen molar-refractivity contribution >= 4 is 17.7 Å². The third kappa shape index (κ3) is 4.29. The number of carboxylic acids is 1. The summed E-state index contributed by atoms with van der Waals surface area (Å²) < 4.78 is 0. The van der Waals surface area contributed by atoms with E-state index >= 15 is 0 Å². The minimum Gasteiger partial charge on any atom is -0.476 e. The average Bonchev–Trinajstić information content (AvgIpc) is 2.34. The molecule has 18 heavy (non-hydrogen) atoms. The first-order valence-electron chi connectivity index (χ1n) is 6.29. The molecule has 4 nitrogen and oxygen atoms in total. The maximum atomic E-state index is 11.2. The summed E-state index contributed by atoms with van der Waals surface area (Å²) in [4.78, 5) is 20.2. The van der Waals surface area contributed by atoms with E-state index in [-0.39, 0.29) is 11.6 Å². The molecule has 0 unspecified atom stereocenters. The zero-order valence-electron chi connectivity index (χ0n) is 11.1. The van der Waals surface area contributed by atoms with Crippen molar-refractivity contribution in [3.63, 3.8) is 0 Å². The van der Waals surface area contributed by atoms with Crippen LogP contribution in [0.4, 0.5) is 0 Å². The van der Waals surface area contributed by atoms with E-state index in [0.29, 0.717) is 10.7 Å². The Hall–Kier alpha value is -1.10. The summed E-state index contributed by atoms with van der Waals surface area (Å²) in [5, 5.41) is 9.17. The predicted octanol–water partition coefficient (Wildman–Crippen LogP) is 3.58. The molecule has 0 radical (unpaired) electrons. The minimum absolute atomic E-state index is 0.134. The van der Waals surface area contributed by atoms with Crippen LogP contribution in [-0.2, 0) is 0 Å². The smallest absolute Gasteiger partial charge is 0.355 e. The molecule has 100 valence electrons. The fourth-order valence-corrected chi connectivity index (χ4v) is 2.42. The Balaban J connectivity index is 2.80. The molecule has 0 atom stereocenters. The SMILES string of the molecule is CCCCCSc1cnc(C(C)C)nc1C(=O)O. The Morgan fingerprint density at radius 2 is 2.17 bits per heavy atom. The van der Waals surface area contributed by atoms with E-state index in [1.807, 2.05) is 13.8 Å². The summed E-state index contributed by atoms with van der Waals surface area (Å²) in [6.45, 7) is 6.05. The van der Waals surface area contributed by atoms with Gasteiger partial charge in [0.25, 0.3) is 0 Å². The van der Waals surface area contributed by atoms with Crippen LogP contribution in [0.25, 0.3) is 0 Å². The van der Waals surface area contributed by atoms with E-state index in [1.165, 1.54) is 18.2 Å². The van der Waals surface area contributed by atoms with Crippen LogP contribution in [-0.4, -0.2) is 26.8 Å². The molecule has 1 aromatic rings. The van der Waals surface area contributed by atoms with E-state index in [0.717, 1.165) is 18.6 Å². The summed E-state index contributed by atoms with van der Waals surface area (Å²) in [5.41, 5.74) is 0.134. The van der Waals surface area contributed by atoms with Crippen LogP contribution in [0.2, 0.25) is 0 Å². The van der Waals surface area contributed by atoms with Gasteiger partial charge in [-0.25, -0.2) is 14.8 Å². The molecular weight excluding hydrogens is 248 g/mol. The summed E-state index contributed by atoms with van der Waals surface area (Å²) in [5.74, 6) is 0.670. The fraction of sp³-hybridized carbons (Fsp3) is 0.615. The number of carbonyl (C=O) groups is 1. The summed E-state index contributed by atoms with van der Waals surface area (Å²) in [7, 11) is 0. The van der Waals surface area contributed by atoms with E-state index in [4.69, 9.17) is 0 Å². The maximum Gasteiger partial charge on any atom is 0.355 e. The third-order valence-electron chi connectivity index (χ3n) is 2.50. The van der Waals surface area contributed by atoms with Crippen LogP contribution in [0.5, 0.6) is 0 Å². The van der Waals surface area contributed by atoms with Gasteiger partial charge in [0.15, 0.2) is 5.69 Å². The number of aromatic carboxylic acids is 1. The lowest BCUT2D eigenvalue weighted by Gasteiger charge is -2.08. The van der Waals surface area contributed by atoms with Crippen LogP contribution in [0, 0.1) is 0 Å². The van der Waals surface area contributed by atoms with Gasteiger partial charge in [-0.2, -0.15) is 0 Å². The molecule has 0 aromatic carbocycles. The number of aromatic nitrogens is 2. The molecule has 0 saturated carbocycles. The zero-order valence-corrected chi connectivity index (χ0v) is 12.0. The minimum atomic E-state index is -0.975. The lowest BCUT2D eigenvalue weighted by Crippen LogP contribution is -2.08. The Morgan fingerprint density at radius 1 is 1.44 bits per heavy atom. The van der Waals surface area contributed by atoms with Crippen molar-refractivity contribution in [2.24, 2.45) is 0 Å². The second-order valence-corrected chi connectivity index (χ2v) is 5.59. The molecule has 0 fully saturated rings. The van der Waals surface area contributed by atoms with Gasteiger partial charge in [-0.1, -0.05) is 33.6 Å². The molecule has 1 aromatic heterocycles. The second kappa shape index (κ2) is 7.36. The van der Waals surface area contributed by atoms with Gasteiger partial charge in [0.2, 0.25) is 0 Å². The van der Waals surface area contributed by atoms with Gasteiger partial charge in [-0.3, -0.25) is 0 Å². The van der Waals surface area contributed by atoms with Crippen LogP contribution in [0.15, 0.2) is 11.1 Å². The lowest BCUT2D eigenvalue weighted by molar-refractivity contribution is 0.0685. The first kappa shape index (κ1) is 15.0. The molecule has 0 spiro atoms. The number of hydrogen-bond donors (Lipinski definition) is 1. The Bertz CT molecular complexity index is 408. The average molecular weight is 268 g/mol. The number of rotatable bonds is 7. The van der Waals surface area contributed by atoms with Crippen LogP contribution >= 0.6 is 11.8 Å². The second-order valence-electron chi connectivity index (χ2n) is 4.46. The maximum absolute atomic E-state index is 11.2. The molecule has 0 bridgehead atoms. The van der Waals surface area contributed by atoms with Crippen molar-refractivity contribution < 1.29 is 9.90 Å². The lowest BCUT2D eigenvalue weighted by atomic mass is 10.2. The van der Waals surface area contributed by atoms with Gasteiger partial charge in [0, 0.05) is 12.1 Å². The third-order valence-corrected chi connectivity index (χ3v) is 3.60. The monoisotopic (exact) mass is 268 g/mol. The standard InChI is InChI=1S/C13H20N2O2S/c1-4-5-6-7-18-10-8-14-12(9(2)3)15-11(10)13(16)17/h8-9H,4-7H2,1-3H3,(H,16,17). The van der Waals surface area contributed by atoms with Crippen LogP contribution < -0.4 is 0 Å². The van der Waals surface area contributed by atoms with E-state index in [1.54, 1.807) is 6.20 Å². The van der Waals surface area contributed by atoms with Gasteiger partial charge < -0.3 is 5.11 Å². The van der Waals surface area contributed by atoms with Crippen molar-refractivity contribution in [2.75, 3.05) is 5.75 Å². The normalized spacial score (nSPS) is 10.9. The van der Waals surface area contributed by atoms with E-state index in [2.05, 4.69) is 16.9 Å². The van der Waals surface area contributed by atoms with Gasteiger partial charge in [0.1, 0.15) is 5.82 Å². The topological polar surface area (TPSA) is 63.1 Å². The molecule has 0 amide bonds. The van der Waals surface area contributed by atoms with Crippen molar-refractivity contribution in [3.05, 3.63) is 17.7 Å². The Kier molecular flexibility index (Phi) is 6.12. The quantitative estimate of drug-likeness (QED) is 0.605. The first-order chi connectivity index (χ1) is 8.56. The van der Waals surface area contributed by atoms with Crippen molar-refractivity contribution in [2.45, 2.75) is 50.8 Å². The zero-order chi connectivity index (χ0) is 13.5. The molecular formula is C13H20N2O2S. The van der Waals surface area contributed by atoms with E-state index < -0.39 is 5.97 Å². The summed E-state index contributed by atoms with van der Waals surface area (Å²) in [6.07, 6.45) is 5.06. The Morgan fingerprint density at radius 3 is 2.72 bits per heavy atom. The number of nitrogens with zero attached hydrogens (tertiary/aromatic N) is 2. The number of carboxylic acid groups (broad SMARTS) is 1. The molecule has 0 aliphatic rings. The molecule has 5 heteroatoms. The molecule has 1 rings (SSSR count). The molecule has 1 heterocycles. The van der Waals surface area contributed by atoms with Gasteiger partial charge in [-0.15, -0.1) is 11.8 Å². The highest BCUT2D eigenvalue weighted by Gasteiger charge is 2.15. The molecule has 0 aliphatic carbocycles. The predicted molar refractivity (Wildman–Crippen MR) is 73.3 cm³/mol. The molecule has 0 saturated heterocycles. The molecule has 0 aliphatic heterocycles. The number of thioether (sulfide) groups is 1. The highest BCUT2D eigenvalue weighted by Crippen LogP contribution is 2.23. The van der Waals surface area contributed by atoms with Crippen molar-refractivity contribution in [1.82, 2.24) is 9.97 Å². The van der Waals surface area contributed by atoms with Gasteiger partial charge in [0.05, 0.1) is 4.90 Å². The fourth-order valence-electron chi connectivity index (χ4n) is 1.46. The number of hydrogen-bond acceptors (Lipinski definition) is 4. The van der Waals surface area contributed by atoms with Crippen molar-refractivity contribution in [3.8, 4) is 0 Å². The largest absolute Gasteiger partial charge is 0.476 e. The highest BCUT2D eigenvalue weighted by atomic mass is 32.2. The highest BCUT2D eigenvalue weighted by molar-refractivity contribution is 7.99. The first-order valence-corrected chi connectivity index (χ1v) is 7.27. The Labute approximate surface area is 112 Å². The molecule has 1 N–H and O–H groups in total. The van der Waals surface area contributed by atoms with Gasteiger partial charge >= 0.3 is 5.97 Å². The van der Waals surface area contributed by atoms with Gasteiger partial charge in [-0.05, 0) is 12.2 Å². The van der Waals surface area contributed by atoms with E-state index in [9.17, 15) is 9.90 Å². The summed E-state index contributed by atoms with van der Waals surface area (Å²) in [6, 6.07) is 0. The number of unbranched alkanes of at least 4 members (excludes halogenated alkanes) is 2.